The molecule has 0 rings (SSSR count). The molecule has 0 aliphatic carbocycles. The van der Waals surface area contributed by atoms with Crippen LogP contribution in [-0.4, -0.2) is 32.6 Å². The topological polar surface area (TPSA) is 0 Å². The molecule has 0 spiro atoms. The predicted molar refractivity (Wildman–Crippen MR) is 24.6 cm³/mol. The molecule has 4 heavy (non-hydrogen) atoms. The fraction of sp³-hybridized carbons (Fsp3) is 1.00. The minimum Gasteiger partial charge on any atom is -0.109 e. The highest BCUT2D eigenvalue weighted by Crippen LogP contribution is 1.36. The molecule has 0 saturated carbocycles. The maximum absolute atomic E-state index is 2.26. The zero-order chi connectivity index (χ0) is 2.71. The minimum atomic E-state index is 0. The van der Waals surface area contributed by atoms with Crippen molar-refractivity contribution in [2.45, 2.75) is 11.6 Å². The first-order valence-electron chi connectivity index (χ1n) is 1.41. The summed E-state index contributed by atoms with van der Waals surface area (Å²) in [7, 11) is 0. The zero-order valence-corrected chi connectivity index (χ0v) is 5.85. The Balaban J connectivity index is 0. The Labute approximate surface area is 44.4 Å². The molecule has 0 bridgehead atoms. The fourth-order valence-electron chi connectivity index (χ4n) is 0. The molecule has 0 aromatic rings. The van der Waals surface area contributed by atoms with E-state index in [1.165, 1.54) is 0 Å². The quantitative estimate of drug-likeness (QED) is 0.367. The van der Waals surface area contributed by atoms with Gasteiger partial charge in [-0.2, -0.15) is 0 Å². The van der Waals surface area contributed by atoms with Crippen molar-refractivity contribution in [2.24, 2.45) is 0 Å². The van der Waals surface area contributed by atoms with Gasteiger partial charge in [-0.15, -0.1) is 11.6 Å². The monoisotopic (exact) mass is 85.0 g/mol. The second-order valence-corrected chi connectivity index (χ2v) is 2.12. The summed E-state index contributed by atoms with van der Waals surface area (Å²) in [4.78, 5) is 0. The van der Waals surface area contributed by atoms with Gasteiger partial charge in [0.05, 0.1) is 0 Å². The number of rotatable bonds is 0. The van der Waals surface area contributed by atoms with Crippen LogP contribution in [0.4, 0.5) is 0 Å². The van der Waals surface area contributed by atoms with Crippen molar-refractivity contribution in [3.05, 3.63) is 0 Å². The summed E-state index contributed by atoms with van der Waals surface area (Å²) in [6.45, 7) is 0. The summed E-state index contributed by atoms with van der Waals surface area (Å²) < 4.78 is 0. The Hall–Kier alpha value is 1.06. The molecule has 3 radical (unpaired) electrons. The maximum atomic E-state index is 2.26. The van der Waals surface area contributed by atoms with Crippen LogP contribution in [0.1, 0.15) is 0 Å². The van der Waals surface area contributed by atoms with E-state index >= 15 is 0 Å². The van der Waals surface area contributed by atoms with Gasteiger partial charge >= 0.3 is 0 Å². The van der Waals surface area contributed by atoms with Gasteiger partial charge in [0.2, 0.25) is 15.2 Å². The standard InChI is InChI=1S/2CH3.2Al.H/h2*1H3;;;. The molecule has 2 heteroatoms. The third-order valence-corrected chi connectivity index (χ3v) is 0. The van der Waals surface area contributed by atoms with Gasteiger partial charge in [0.15, 0.2) is 0 Å². The van der Waals surface area contributed by atoms with E-state index in [0.29, 0.717) is 15.2 Å². The Morgan fingerprint density at radius 2 is 1.25 bits per heavy atom. The molecule has 0 N–H and O–H groups in total. The minimum absolute atomic E-state index is 0. The fourth-order valence-corrected chi connectivity index (χ4v) is 0. The highest BCUT2D eigenvalue weighted by atomic mass is 27.1. The summed E-state index contributed by atoms with van der Waals surface area (Å²) in [6, 6.07) is 0. The first-order valence-corrected chi connectivity index (χ1v) is 4.24. The molecule has 0 aliphatic heterocycles. The third-order valence-electron chi connectivity index (χ3n) is 0. The summed E-state index contributed by atoms with van der Waals surface area (Å²) in [5.74, 6) is 4.53. The lowest BCUT2D eigenvalue weighted by atomic mass is 11.9. The van der Waals surface area contributed by atoms with E-state index in [1.54, 1.807) is 0 Å². The Bertz CT molecular complexity index is 4.00. The van der Waals surface area contributed by atoms with Crippen LogP contribution >= 0.6 is 0 Å². The van der Waals surface area contributed by atoms with Crippen molar-refractivity contribution < 1.29 is 0 Å². The molecule has 21 valence electrons. The zero-order valence-electron chi connectivity index (χ0n) is 3.28. The van der Waals surface area contributed by atoms with Gasteiger partial charge in [-0.3, -0.25) is 0 Å². The van der Waals surface area contributed by atoms with Crippen LogP contribution in [-0.2, 0) is 0 Å². The van der Waals surface area contributed by atoms with E-state index in [4.69, 9.17) is 0 Å². The number of hydrogen-bond donors (Lipinski definition) is 0. The van der Waals surface area contributed by atoms with Gasteiger partial charge in [-0.1, -0.05) is 0 Å². The summed E-state index contributed by atoms with van der Waals surface area (Å²) in [6.07, 6.45) is 0. The lowest BCUT2D eigenvalue weighted by molar-refractivity contribution is 2.14. The summed E-state index contributed by atoms with van der Waals surface area (Å²) in [5, 5.41) is 0. The Morgan fingerprint density at radius 1 is 1.25 bits per heavy atom. The molecule has 0 aliphatic rings. The number of hydrogen-bond acceptors (Lipinski definition) is 0. The van der Waals surface area contributed by atoms with E-state index in [2.05, 4.69) is 11.6 Å². The van der Waals surface area contributed by atoms with Crippen LogP contribution < -0.4 is 0 Å². The molecule has 0 saturated heterocycles. The molecule has 0 atom stereocenters. The molecule has 0 unspecified atom stereocenters. The second kappa shape index (κ2) is 8.96. The van der Waals surface area contributed by atoms with Crippen LogP contribution in [0, 0.1) is 0 Å². The highest BCUT2D eigenvalue weighted by Gasteiger charge is 1.48. The van der Waals surface area contributed by atoms with E-state index in [1.807, 2.05) is 0 Å². The molecule has 0 aromatic heterocycles. The van der Waals surface area contributed by atoms with Crippen LogP contribution in [0.3, 0.4) is 0 Å². The molecular weight excluding hydrogens is 78.0 g/mol. The molecule has 0 heterocycles. The van der Waals surface area contributed by atoms with Crippen LogP contribution in [0.5, 0.6) is 0 Å². The SMILES string of the molecule is [Al].[CH3][AlH][CH3]. The summed E-state index contributed by atoms with van der Waals surface area (Å²) >= 11 is 0.417. The highest BCUT2D eigenvalue weighted by molar-refractivity contribution is 6.31. The molecular formula is C2H7Al2. The van der Waals surface area contributed by atoms with Gasteiger partial charge in [0, 0.05) is 17.4 Å². The first kappa shape index (κ1) is 8.91. The maximum Gasteiger partial charge on any atom is 0.229 e. The van der Waals surface area contributed by atoms with Crippen LogP contribution in [0.25, 0.3) is 0 Å². The van der Waals surface area contributed by atoms with Crippen LogP contribution in [0.15, 0.2) is 0 Å². The van der Waals surface area contributed by atoms with Gasteiger partial charge in [0.25, 0.3) is 0 Å². The normalized spacial score (nSPS) is 3.50. The van der Waals surface area contributed by atoms with E-state index < -0.39 is 0 Å². The third kappa shape index (κ3) is 11.5. The van der Waals surface area contributed by atoms with Gasteiger partial charge in [-0.05, 0) is 0 Å². The first-order chi connectivity index (χ1) is 1.41. The predicted octanol–water partition coefficient (Wildman–Crippen LogP) is 0.138. The van der Waals surface area contributed by atoms with E-state index in [-0.39, 0.29) is 17.4 Å². The average molecular weight is 85.0 g/mol. The van der Waals surface area contributed by atoms with Crippen molar-refractivity contribution >= 4 is 32.6 Å². The Morgan fingerprint density at radius 3 is 1.25 bits per heavy atom. The van der Waals surface area contributed by atoms with Gasteiger partial charge < -0.3 is 0 Å². The van der Waals surface area contributed by atoms with Crippen molar-refractivity contribution in [3.8, 4) is 0 Å². The van der Waals surface area contributed by atoms with Crippen molar-refractivity contribution in [2.75, 3.05) is 0 Å². The molecule has 0 aromatic carbocycles. The average Bonchev–Trinajstić information content (AvgIpc) is 0.918. The largest absolute Gasteiger partial charge is 0.229 e. The van der Waals surface area contributed by atoms with E-state index in [0.717, 1.165) is 0 Å². The summed E-state index contributed by atoms with van der Waals surface area (Å²) in [5.41, 5.74) is 0. The smallest absolute Gasteiger partial charge is 0.109 e. The lowest BCUT2D eigenvalue weighted by Gasteiger charge is -1.36. The van der Waals surface area contributed by atoms with Crippen molar-refractivity contribution in [3.63, 3.8) is 0 Å². The van der Waals surface area contributed by atoms with Crippen molar-refractivity contribution in [1.29, 1.82) is 0 Å². The Kier molecular flexibility index (Phi) is 19.9. The molecule has 0 nitrogen and oxygen atoms in total. The molecule has 0 fully saturated rings. The molecule has 0 amide bonds. The van der Waals surface area contributed by atoms with Gasteiger partial charge in [0.1, 0.15) is 0 Å². The van der Waals surface area contributed by atoms with Gasteiger partial charge in [-0.25, -0.2) is 0 Å². The van der Waals surface area contributed by atoms with E-state index in [9.17, 15) is 0 Å². The van der Waals surface area contributed by atoms with Crippen molar-refractivity contribution in [1.82, 2.24) is 0 Å². The second-order valence-electron chi connectivity index (χ2n) is 0.707. The lowest BCUT2D eigenvalue weighted by Crippen LogP contribution is -1.53. The van der Waals surface area contributed by atoms with Crippen LogP contribution in [0.2, 0.25) is 11.6 Å².